The molecular weight excluding hydrogens is 260 g/mol. The van der Waals surface area contributed by atoms with Gasteiger partial charge in [0.25, 0.3) is 0 Å². The standard InChI is InChI=1S/C13H20N4OS/c1-17-6-7-4-11(18)15-10-3-2-8(19)5-9(10)12(7)16-13(17)14/h3,5,7-8,12-13,16,19H,2,4,6,14H2,1H3,(H,15,18). The van der Waals surface area contributed by atoms with Crippen LogP contribution in [0.4, 0.5) is 0 Å². The van der Waals surface area contributed by atoms with E-state index in [-0.39, 0.29) is 29.4 Å². The maximum atomic E-state index is 12.0. The van der Waals surface area contributed by atoms with Gasteiger partial charge in [-0.05, 0) is 19.0 Å². The van der Waals surface area contributed by atoms with Crippen molar-refractivity contribution in [3.8, 4) is 0 Å². The average molecular weight is 280 g/mol. The van der Waals surface area contributed by atoms with Gasteiger partial charge in [-0.15, -0.1) is 0 Å². The molecule has 0 saturated carbocycles. The first-order valence-electron chi connectivity index (χ1n) is 6.66. The normalized spacial score (nSPS) is 39.4. The average Bonchev–Trinajstić information content (AvgIpc) is 2.47. The minimum Gasteiger partial charge on any atom is -0.326 e. The quantitative estimate of drug-likeness (QED) is 0.463. The molecule has 5 nitrogen and oxygen atoms in total. The van der Waals surface area contributed by atoms with Crippen molar-refractivity contribution in [1.82, 2.24) is 15.5 Å². The number of nitrogens with zero attached hydrogens (tertiary/aromatic N) is 1. The van der Waals surface area contributed by atoms with Crippen LogP contribution in [0.5, 0.6) is 0 Å². The fourth-order valence-electron chi connectivity index (χ4n) is 3.12. The first kappa shape index (κ1) is 13.2. The maximum absolute atomic E-state index is 12.0. The lowest BCUT2D eigenvalue weighted by atomic mass is 9.85. The topological polar surface area (TPSA) is 70.4 Å². The summed E-state index contributed by atoms with van der Waals surface area (Å²) in [5.41, 5.74) is 8.15. The third kappa shape index (κ3) is 2.45. The van der Waals surface area contributed by atoms with Crippen LogP contribution in [-0.4, -0.2) is 42.0 Å². The molecule has 1 aliphatic carbocycles. The third-order valence-corrected chi connectivity index (χ3v) is 4.48. The smallest absolute Gasteiger partial charge is 0.224 e. The van der Waals surface area contributed by atoms with Gasteiger partial charge in [-0.3, -0.25) is 15.0 Å². The number of nitrogens with two attached hydrogens (primary N) is 1. The van der Waals surface area contributed by atoms with Gasteiger partial charge in [0.15, 0.2) is 0 Å². The van der Waals surface area contributed by atoms with E-state index in [1.54, 1.807) is 0 Å². The van der Waals surface area contributed by atoms with E-state index in [1.807, 2.05) is 11.9 Å². The van der Waals surface area contributed by atoms with Gasteiger partial charge >= 0.3 is 0 Å². The summed E-state index contributed by atoms with van der Waals surface area (Å²) in [6.45, 7) is 0.827. The minimum atomic E-state index is -0.170. The molecule has 1 amide bonds. The lowest BCUT2D eigenvalue weighted by molar-refractivity contribution is -0.121. The predicted molar refractivity (Wildman–Crippen MR) is 77.3 cm³/mol. The second-order valence-corrected chi connectivity index (χ2v) is 6.25. The van der Waals surface area contributed by atoms with Crippen LogP contribution < -0.4 is 16.4 Å². The highest BCUT2D eigenvalue weighted by Crippen LogP contribution is 2.32. The van der Waals surface area contributed by atoms with Crippen LogP contribution >= 0.6 is 12.6 Å². The Morgan fingerprint density at radius 2 is 2.32 bits per heavy atom. The number of hydrogen-bond donors (Lipinski definition) is 4. The zero-order valence-electron chi connectivity index (χ0n) is 11.0. The molecule has 0 bridgehead atoms. The minimum absolute atomic E-state index is 0.0907. The Balaban J connectivity index is 1.96. The number of fused-ring (bicyclic) bond motifs is 3. The Morgan fingerprint density at radius 1 is 1.53 bits per heavy atom. The molecule has 3 aliphatic rings. The Morgan fingerprint density at radius 3 is 3.11 bits per heavy atom. The van der Waals surface area contributed by atoms with Gasteiger partial charge in [0.2, 0.25) is 5.91 Å². The van der Waals surface area contributed by atoms with Crippen molar-refractivity contribution in [2.45, 2.75) is 30.4 Å². The first-order chi connectivity index (χ1) is 9.04. The highest BCUT2D eigenvalue weighted by atomic mass is 32.1. The number of hydrogen-bond acceptors (Lipinski definition) is 5. The van der Waals surface area contributed by atoms with Crippen molar-refractivity contribution in [3.05, 3.63) is 23.4 Å². The van der Waals surface area contributed by atoms with E-state index in [9.17, 15) is 4.79 Å². The van der Waals surface area contributed by atoms with Gasteiger partial charge in [-0.1, -0.05) is 12.2 Å². The van der Waals surface area contributed by atoms with Gasteiger partial charge < -0.3 is 11.1 Å². The summed E-state index contributed by atoms with van der Waals surface area (Å²) in [4.78, 5) is 14.0. The van der Waals surface area contributed by atoms with Crippen molar-refractivity contribution in [1.29, 1.82) is 0 Å². The van der Waals surface area contributed by atoms with Crippen LogP contribution in [0.15, 0.2) is 23.4 Å². The van der Waals surface area contributed by atoms with Crippen molar-refractivity contribution in [2.24, 2.45) is 11.7 Å². The summed E-state index contributed by atoms with van der Waals surface area (Å²) >= 11 is 4.53. The summed E-state index contributed by atoms with van der Waals surface area (Å²) in [5, 5.41) is 6.64. The number of carbonyl (C=O) groups is 1. The Kier molecular flexibility index (Phi) is 3.42. The SMILES string of the molecule is CN1CC2CC(=O)NC3=CCC(S)C=C3C2NC1N. The Hall–Kier alpha value is -0.820. The van der Waals surface area contributed by atoms with Crippen molar-refractivity contribution in [3.63, 3.8) is 0 Å². The van der Waals surface area contributed by atoms with Gasteiger partial charge in [-0.2, -0.15) is 12.6 Å². The summed E-state index contributed by atoms with van der Waals surface area (Å²) in [5.74, 6) is 0.341. The zero-order chi connectivity index (χ0) is 13.6. The maximum Gasteiger partial charge on any atom is 0.224 e. The molecule has 0 aromatic carbocycles. The van der Waals surface area contributed by atoms with Gasteiger partial charge in [0.1, 0.15) is 6.29 Å². The number of nitrogens with one attached hydrogen (secondary N) is 2. The van der Waals surface area contributed by atoms with Crippen LogP contribution in [0.2, 0.25) is 0 Å². The Bertz CT molecular complexity index is 462. The molecule has 4 unspecified atom stereocenters. The number of carbonyl (C=O) groups excluding carboxylic acids is 1. The summed E-state index contributed by atoms with van der Waals surface area (Å²) < 4.78 is 0. The van der Waals surface area contributed by atoms with Crippen LogP contribution in [0.3, 0.4) is 0 Å². The zero-order valence-corrected chi connectivity index (χ0v) is 11.9. The van der Waals surface area contributed by atoms with Gasteiger partial charge in [-0.25, -0.2) is 0 Å². The number of rotatable bonds is 0. The van der Waals surface area contributed by atoms with Crippen LogP contribution in [0, 0.1) is 5.92 Å². The Labute approximate surface area is 118 Å². The van der Waals surface area contributed by atoms with Crippen LogP contribution in [0.1, 0.15) is 12.8 Å². The fraction of sp³-hybridized carbons (Fsp3) is 0.615. The van der Waals surface area contributed by atoms with E-state index in [4.69, 9.17) is 5.73 Å². The molecular formula is C13H20N4OS. The van der Waals surface area contributed by atoms with Crippen molar-refractivity contribution < 1.29 is 4.79 Å². The molecule has 2 saturated heterocycles. The third-order valence-electron chi connectivity index (χ3n) is 4.12. The molecule has 0 radical (unpaired) electrons. The van der Waals surface area contributed by atoms with Gasteiger partial charge in [0.05, 0.1) is 0 Å². The van der Waals surface area contributed by atoms with E-state index in [0.29, 0.717) is 6.42 Å². The van der Waals surface area contributed by atoms with E-state index >= 15 is 0 Å². The molecule has 104 valence electrons. The van der Waals surface area contributed by atoms with E-state index in [2.05, 4.69) is 35.4 Å². The lowest BCUT2D eigenvalue weighted by Gasteiger charge is -2.42. The molecule has 2 fully saturated rings. The second kappa shape index (κ2) is 4.94. The van der Waals surface area contributed by atoms with E-state index in [0.717, 1.165) is 24.2 Å². The van der Waals surface area contributed by atoms with Crippen molar-refractivity contribution in [2.75, 3.05) is 13.6 Å². The number of allylic oxidation sites excluding steroid dienone is 1. The first-order valence-corrected chi connectivity index (χ1v) is 7.18. The van der Waals surface area contributed by atoms with E-state index < -0.39 is 0 Å². The van der Waals surface area contributed by atoms with Crippen LogP contribution in [0.25, 0.3) is 0 Å². The number of thiol groups is 1. The predicted octanol–water partition coefficient (Wildman–Crippen LogP) is -0.219. The monoisotopic (exact) mass is 280 g/mol. The summed E-state index contributed by atoms with van der Waals surface area (Å²) in [7, 11) is 1.98. The van der Waals surface area contributed by atoms with Crippen molar-refractivity contribution >= 4 is 18.5 Å². The highest BCUT2D eigenvalue weighted by molar-refractivity contribution is 7.81. The summed E-state index contributed by atoms with van der Waals surface area (Å²) in [6.07, 6.45) is 5.43. The molecule has 0 aromatic heterocycles. The number of amides is 1. The molecule has 6 heteroatoms. The lowest BCUT2D eigenvalue weighted by Crippen LogP contribution is -2.63. The van der Waals surface area contributed by atoms with Crippen LogP contribution in [-0.2, 0) is 4.79 Å². The molecule has 2 aliphatic heterocycles. The highest BCUT2D eigenvalue weighted by Gasteiger charge is 2.39. The second-order valence-electron chi connectivity index (χ2n) is 5.58. The summed E-state index contributed by atoms with van der Waals surface area (Å²) in [6, 6.07) is 0.131. The molecule has 19 heavy (non-hydrogen) atoms. The largest absolute Gasteiger partial charge is 0.326 e. The van der Waals surface area contributed by atoms with Gasteiger partial charge in [0, 0.05) is 35.9 Å². The molecule has 0 aromatic rings. The molecule has 3 rings (SSSR count). The fourth-order valence-corrected chi connectivity index (χ4v) is 3.38. The molecule has 4 atom stereocenters. The molecule has 0 spiro atoms. The van der Waals surface area contributed by atoms with E-state index in [1.165, 1.54) is 0 Å². The molecule has 4 N–H and O–H groups in total. The molecule has 2 heterocycles.